The number of carbonyl (C=O) groups excluding carboxylic acids is 1. The maximum atomic E-state index is 11.8. The topological polar surface area (TPSA) is 58.6 Å². The van der Waals surface area contributed by atoms with Gasteiger partial charge in [0, 0.05) is 6.54 Å². The highest BCUT2D eigenvalue weighted by molar-refractivity contribution is 9.10. The van der Waals surface area contributed by atoms with Gasteiger partial charge in [0.15, 0.2) is 6.61 Å². The number of aryl methyl sites for hydroxylation is 1. The standard InChI is InChI=1S/C16H24BrNO3/c1-11(2)8-16(4,20)10-18-15(19)9-21-14-6-5-12(3)7-13(14)17/h5-7,11,20H,8-10H2,1-4H3,(H,18,19). The Balaban J connectivity index is 2.41. The summed E-state index contributed by atoms with van der Waals surface area (Å²) in [6.07, 6.45) is 0.637. The molecule has 21 heavy (non-hydrogen) atoms. The molecule has 2 N–H and O–H groups in total. The Kier molecular flexibility index (Phi) is 6.68. The summed E-state index contributed by atoms with van der Waals surface area (Å²) < 4.78 is 6.28. The third-order valence-corrected chi connectivity index (χ3v) is 3.58. The predicted octanol–water partition coefficient (Wildman–Crippen LogP) is 3.05. The van der Waals surface area contributed by atoms with E-state index in [1.807, 2.05) is 39.0 Å². The summed E-state index contributed by atoms with van der Waals surface area (Å²) in [5.74, 6) is 0.757. The van der Waals surface area contributed by atoms with Gasteiger partial charge in [-0.25, -0.2) is 0 Å². The first kappa shape index (κ1) is 18.0. The van der Waals surface area contributed by atoms with E-state index in [1.54, 1.807) is 6.92 Å². The Bertz CT molecular complexity index is 486. The zero-order valence-corrected chi connectivity index (χ0v) is 14.7. The van der Waals surface area contributed by atoms with Crippen molar-refractivity contribution in [3.05, 3.63) is 28.2 Å². The molecule has 1 atom stereocenters. The van der Waals surface area contributed by atoms with Crippen LogP contribution in [-0.4, -0.2) is 29.8 Å². The van der Waals surface area contributed by atoms with Gasteiger partial charge in [0.1, 0.15) is 5.75 Å². The summed E-state index contributed by atoms with van der Waals surface area (Å²) in [6.45, 7) is 7.94. The normalized spacial score (nSPS) is 13.9. The highest BCUT2D eigenvalue weighted by Gasteiger charge is 2.22. The van der Waals surface area contributed by atoms with Gasteiger partial charge in [-0.3, -0.25) is 4.79 Å². The van der Waals surface area contributed by atoms with Gasteiger partial charge in [-0.2, -0.15) is 0 Å². The van der Waals surface area contributed by atoms with E-state index in [-0.39, 0.29) is 19.1 Å². The lowest BCUT2D eigenvalue weighted by Gasteiger charge is -2.25. The summed E-state index contributed by atoms with van der Waals surface area (Å²) in [6, 6.07) is 5.67. The molecule has 1 rings (SSSR count). The van der Waals surface area contributed by atoms with Crippen LogP contribution in [0, 0.1) is 12.8 Å². The zero-order valence-electron chi connectivity index (χ0n) is 13.1. The first-order valence-corrected chi connectivity index (χ1v) is 7.87. The minimum Gasteiger partial charge on any atom is -0.483 e. The molecule has 5 heteroatoms. The van der Waals surface area contributed by atoms with Gasteiger partial charge in [-0.05, 0) is 59.8 Å². The van der Waals surface area contributed by atoms with E-state index in [1.165, 1.54) is 0 Å². The summed E-state index contributed by atoms with van der Waals surface area (Å²) in [5.41, 5.74) is 0.220. The molecule has 0 aliphatic rings. The van der Waals surface area contributed by atoms with Crippen LogP contribution in [0.2, 0.25) is 0 Å². The van der Waals surface area contributed by atoms with Crippen molar-refractivity contribution in [3.8, 4) is 5.75 Å². The van der Waals surface area contributed by atoms with E-state index in [2.05, 4.69) is 21.2 Å². The van der Waals surface area contributed by atoms with Crippen LogP contribution in [0.25, 0.3) is 0 Å². The largest absolute Gasteiger partial charge is 0.483 e. The van der Waals surface area contributed by atoms with Crippen LogP contribution in [-0.2, 0) is 4.79 Å². The molecule has 118 valence electrons. The Morgan fingerprint density at radius 2 is 2.14 bits per heavy atom. The van der Waals surface area contributed by atoms with E-state index in [0.29, 0.717) is 18.1 Å². The Hall–Kier alpha value is -1.07. The first-order chi connectivity index (χ1) is 9.69. The number of ether oxygens (including phenoxy) is 1. The molecule has 1 aromatic rings. The number of benzene rings is 1. The van der Waals surface area contributed by atoms with Gasteiger partial charge in [0.25, 0.3) is 5.91 Å². The number of halogens is 1. The lowest BCUT2D eigenvalue weighted by atomic mass is 9.94. The molecule has 0 aliphatic heterocycles. The van der Waals surface area contributed by atoms with Crippen molar-refractivity contribution in [2.45, 2.75) is 39.7 Å². The van der Waals surface area contributed by atoms with Crippen LogP contribution >= 0.6 is 15.9 Å². The molecule has 0 aromatic heterocycles. The lowest BCUT2D eigenvalue weighted by Crippen LogP contribution is -2.43. The van der Waals surface area contributed by atoms with Crippen LogP contribution in [0.4, 0.5) is 0 Å². The van der Waals surface area contributed by atoms with Gasteiger partial charge in [0.05, 0.1) is 10.1 Å². The lowest BCUT2D eigenvalue weighted by molar-refractivity contribution is -0.124. The Morgan fingerprint density at radius 1 is 1.48 bits per heavy atom. The van der Waals surface area contributed by atoms with E-state index in [4.69, 9.17) is 4.74 Å². The molecule has 0 spiro atoms. The van der Waals surface area contributed by atoms with Crippen molar-refractivity contribution < 1.29 is 14.6 Å². The smallest absolute Gasteiger partial charge is 0.258 e. The second kappa shape index (κ2) is 7.80. The molecule has 0 aliphatic carbocycles. The Morgan fingerprint density at radius 3 is 2.71 bits per heavy atom. The molecule has 0 bridgehead atoms. The molecule has 0 saturated heterocycles. The van der Waals surface area contributed by atoms with Crippen LogP contribution < -0.4 is 10.1 Å². The minimum atomic E-state index is -0.895. The predicted molar refractivity (Wildman–Crippen MR) is 87.5 cm³/mol. The van der Waals surface area contributed by atoms with Crippen LogP contribution in [0.1, 0.15) is 32.8 Å². The van der Waals surface area contributed by atoms with Crippen molar-refractivity contribution in [1.82, 2.24) is 5.32 Å². The van der Waals surface area contributed by atoms with Crippen molar-refractivity contribution in [2.75, 3.05) is 13.2 Å². The maximum absolute atomic E-state index is 11.8. The van der Waals surface area contributed by atoms with Gasteiger partial charge >= 0.3 is 0 Å². The fourth-order valence-electron chi connectivity index (χ4n) is 2.16. The Labute approximate surface area is 135 Å². The molecule has 0 radical (unpaired) electrons. The number of rotatable bonds is 7. The number of hydrogen-bond acceptors (Lipinski definition) is 3. The van der Waals surface area contributed by atoms with E-state index >= 15 is 0 Å². The van der Waals surface area contributed by atoms with Gasteiger partial charge in [-0.1, -0.05) is 19.9 Å². The fraction of sp³-hybridized carbons (Fsp3) is 0.562. The molecule has 1 aromatic carbocycles. The highest BCUT2D eigenvalue weighted by atomic mass is 79.9. The summed E-state index contributed by atoms with van der Waals surface area (Å²) in [7, 11) is 0. The van der Waals surface area contributed by atoms with Gasteiger partial charge in [-0.15, -0.1) is 0 Å². The van der Waals surface area contributed by atoms with E-state index < -0.39 is 5.60 Å². The van der Waals surface area contributed by atoms with E-state index in [9.17, 15) is 9.90 Å². The monoisotopic (exact) mass is 357 g/mol. The van der Waals surface area contributed by atoms with Crippen molar-refractivity contribution in [2.24, 2.45) is 5.92 Å². The highest BCUT2D eigenvalue weighted by Crippen LogP contribution is 2.25. The molecular weight excluding hydrogens is 334 g/mol. The SMILES string of the molecule is Cc1ccc(OCC(=O)NCC(C)(O)CC(C)C)c(Br)c1. The molecule has 4 nitrogen and oxygen atoms in total. The van der Waals surface area contributed by atoms with Crippen LogP contribution in [0.5, 0.6) is 5.75 Å². The summed E-state index contributed by atoms with van der Waals surface area (Å²) in [4.78, 5) is 11.8. The average Bonchev–Trinajstić information content (AvgIpc) is 2.34. The third-order valence-electron chi connectivity index (χ3n) is 2.96. The molecule has 0 saturated carbocycles. The number of nitrogens with one attached hydrogen (secondary N) is 1. The maximum Gasteiger partial charge on any atom is 0.258 e. The number of aliphatic hydroxyl groups is 1. The number of amides is 1. The fourth-order valence-corrected chi connectivity index (χ4v) is 2.77. The molecule has 0 fully saturated rings. The van der Waals surface area contributed by atoms with Crippen LogP contribution in [0.15, 0.2) is 22.7 Å². The van der Waals surface area contributed by atoms with Gasteiger partial charge in [0.2, 0.25) is 0 Å². The van der Waals surface area contributed by atoms with Crippen molar-refractivity contribution in [1.29, 1.82) is 0 Å². The molecule has 1 amide bonds. The average molecular weight is 358 g/mol. The molecule has 1 unspecified atom stereocenters. The second-order valence-corrected chi connectivity index (χ2v) is 6.95. The van der Waals surface area contributed by atoms with Gasteiger partial charge < -0.3 is 15.2 Å². The minimum absolute atomic E-state index is 0.0700. The number of hydrogen-bond donors (Lipinski definition) is 2. The zero-order chi connectivity index (χ0) is 16.0. The first-order valence-electron chi connectivity index (χ1n) is 7.07. The van der Waals surface area contributed by atoms with Crippen molar-refractivity contribution >= 4 is 21.8 Å². The third kappa shape index (κ3) is 6.96. The quantitative estimate of drug-likeness (QED) is 0.788. The van der Waals surface area contributed by atoms with E-state index in [0.717, 1.165) is 10.0 Å². The number of carbonyl (C=O) groups is 1. The second-order valence-electron chi connectivity index (χ2n) is 6.09. The van der Waals surface area contributed by atoms with Crippen molar-refractivity contribution in [3.63, 3.8) is 0 Å². The van der Waals surface area contributed by atoms with Crippen LogP contribution in [0.3, 0.4) is 0 Å². The summed E-state index contributed by atoms with van der Waals surface area (Å²) >= 11 is 3.40. The molecular formula is C16H24BrNO3. The summed E-state index contributed by atoms with van der Waals surface area (Å²) in [5, 5.41) is 12.8. The molecule has 0 heterocycles.